The van der Waals surface area contributed by atoms with Crippen molar-refractivity contribution in [2.24, 2.45) is 0 Å². The van der Waals surface area contributed by atoms with Crippen molar-refractivity contribution in [1.29, 1.82) is 0 Å². The largest absolute Gasteiger partial charge is 0.346 e. The van der Waals surface area contributed by atoms with Crippen LogP contribution in [0, 0.1) is 0 Å². The molecule has 0 aliphatic carbocycles. The van der Waals surface area contributed by atoms with Gasteiger partial charge in [-0.3, -0.25) is 19.9 Å². The molecule has 0 radical (unpaired) electrons. The van der Waals surface area contributed by atoms with Crippen molar-refractivity contribution in [1.82, 2.24) is 25.5 Å². The van der Waals surface area contributed by atoms with E-state index in [9.17, 15) is 4.79 Å². The molecular formula is C13H11N5O. The van der Waals surface area contributed by atoms with Gasteiger partial charge in [-0.1, -0.05) is 0 Å². The minimum atomic E-state index is -0.151. The number of H-pyrrole nitrogens is 1. The summed E-state index contributed by atoms with van der Waals surface area (Å²) in [4.78, 5) is 20.3. The Hall–Kier alpha value is -2.76. The van der Waals surface area contributed by atoms with Crippen molar-refractivity contribution < 1.29 is 4.79 Å². The van der Waals surface area contributed by atoms with Crippen LogP contribution in [0.3, 0.4) is 0 Å². The topological polar surface area (TPSA) is 83.6 Å². The fraction of sp³-hybridized carbons (Fsp3) is 0.0769. The summed E-state index contributed by atoms with van der Waals surface area (Å²) in [6, 6.07) is 7.06. The average molecular weight is 253 g/mol. The Labute approximate surface area is 108 Å². The summed E-state index contributed by atoms with van der Waals surface area (Å²) < 4.78 is 0. The van der Waals surface area contributed by atoms with Crippen LogP contribution in [0.4, 0.5) is 0 Å². The van der Waals surface area contributed by atoms with Gasteiger partial charge in [0.15, 0.2) is 0 Å². The molecule has 3 rings (SSSR count). The normalized spacial score (nSPS) is 10.5. The fourth-order valence-electron chi connectivity index (χ4n) is 1.77. The summed E-state index contributed by atoms with van der Waals surface area (Å²) in [6.07, 6.45) is 4.88. The van der Waals surface area contributed by atoms with E-state index < -0.39 is 0 Å². The third-order valence-corrected chi connectivity index (χ3v) is 2.73. The lowest BCUT2D eigenvalue weighted by Gasteiger charge is -2.04. The number of benzene rings is 1. The molecule has 0 aliphatic heterocycles. The van der Waals surface area contributed by atoms with Gasteiger partial charge in [-0.15, -0.1) is 0 Å². The summed E-state index contributed by atoms with van der Waals surface area (Å²) in [5.74, 6) is -0.151. The zero-order chi connectivity index (χ0) is 13.1. The second-order valence-electron chi connectivity index (χ2n) is 4.02. The first-order valence-electron chi connectivity index (χ1n) is 5.80. The molecule has 0 saturated heterocycles. The summed E-state index contributed by atoms with van der Waals surface area (Å²) in [5, 5.41) is 9.41. The molecule has 2 aromatic heterocycles. The zero-order valence-electron chi connectivity index (χ0n) is 10.00. The van der Waals surface area contributed by atoms with Crippen LogP contribution in [0.25, 0.3) is 11.0 Å². The highest BCUT2D eigenvalue weighted by atomic mass is 16.1. The van der Waals surface area contributed by atoms with Gasteiger partial charge in [0, 0.05) is 24.2 Å². The van der Waals surface area contributed by atoms with Gasteiger partial charge in [-0.05, 0) is 24.3 Å². The number of rotatable bonds is 3. The van der Waals surface area contributed by atoms with Crippen molar-refractivity contribution in [2.45, 2.75) is 6.54 Å². The molecule has 0 atom stereocenters. The van der Waals surface area contributed by atoms with E-state index in [1.54, 1.807) is 36.8 Å². The van der Waals surface area contributed by atoms with Crippen molar-refractivity contribution in [2.75, 3.05) is 0 Å². The second-order valence-corrected chi connectivity index (χ2v) is 4.02. The van der Waals surface area contributed by atoms with Gasteiger partial charge in [0.25, 0.3) is 5.91 Å². The third-order valence-electron chi connectivity index (χ3n) is 2.73. The van der Waals surface area contributed by atoms with E-state index in [-0.39, 0.29) is 5.91 Å². The number of nitrogens with zero attached hydrogens (tertiary/aromatic N) is 3. The van der Waals surface area contributed by atoms with Crippen LogP contribution in [0.1, 0.15) is 16.1 Å². The molecule has 2 N–H and O–H groups in total. The molecule has 3 aromatic rings. The molecule has 0 bridgehead atoms. The lowest BCUT2D eigenvalue weighted by Crippen LogP contribution is -2.22. The molecule has 0 aliphatic rings. The smallest absolute Gasteiger partial charge is 0.251 e. The van der Waals surface area contributed by atoms with E-state index >= 15 is 0 Å². The molecule has 0 unspecified atom stereocenters. The van der Waals surface area contributed by atoms with Gasteiger partial charge in [0.2, 0.25) is 0 Å². The highest BCUT2D eigenvalue weighted by molar-refractivity contribution is 5.97. The maximum Gasteiger partial charge on any atom is 0.251 e. The molecule has 0 fully saturated rings. The lowest BCUT2D eigenvalue weighted by molar-refractivity contribution is 0.0950. The van der Waals surface area contributed by atoms with Gasteiger partial charge in [-0.2, -0.15) is 5.10 Å². The Bertz CT molecular complexity index is 708. The molecule has 0 saturated carbocycles. The van der Waals surface area contributed by atoms with Crippen LogP contribution >= 0.6 is 0 Å². The van der Waals surface area contributed by atoms with E-state index in [1.807, 2.05) is 6.07 Å². The maximum absolute atomic E-state index is 12.0. The van der Waals surface area contributed by atoms with E-state index in [0.717, 1.165) is 11.2 Å². The summed E-state index contributed by atoms with van der Waals surface area (Å²) in [7, 11) is 0. The molecule has 2 heterocycles. The molecule has 94 valence electrons. The third kappa shape index (κ3) is 2.42. The Kier molecular flexibility index (Phi) is 2.89. The standard InChI is InChI=1S/C13H11N5O/c19-13(16-8-10-3-4-17-18-10)9-1-2-11-12(7-9)15-6-5-14-11/h1-7H,8H2,(H,16,19)(H,17,18). The van der Waals surface area contributed by atoms with Crippen LogP contribution < -0.4 is 5.32 Å². The predicted molar refractivity (Wildman–Crippen MR) is 69.3 cm³/mol. The van der Waals surface area contributed by atoms with Gasteiger partial charge in [0.1, 0.15) is 0 Å². The monoisotopic (exact) mass is 253 g/mol. The first-order chi connectivity index (χ1) is 9.33. The number of amides is 1. The van der Waals surface area contributed by atoms with Gasteiger partial charge in [-0.25, -0.2) is 0 Å². The van der Waals surface area contributed by atoms with Gasteiger partial charge >= 0.3 is 0 Å². The van der Waals surface area contributed by atoms with Crippen molar-refractivity contribution >= 4 is 16.9 Å². The number of hydrogen-bond donors (Lipinski definition) is 2. The number of carbonyl (C=O) groups is 1. The second kappa shape index (κ2) is 4.85. The van der Waals surface area contributed by atoms with Crippen LogP contribution in [-0.2, 0) is 6.54 Å². The van der Waals surface area contributed by atoms with Gasteiger partial charge < -0.3 is 5.32 Å². The number of carbonyl (C=O) groups excluding carboxylic acids is 1. The number of aromatic nitrogens is 4. The van der Waals surface area contributed by atoms with Crippen LogP contribution in [0.5, 0.6) is 0 Å². The average Bonchev–Trinajstić information content (AvgIpc) is 2.97. The number of fused-ring (bicyclic) bond motifs is 1. The first kappa shape index (κ1) is 11.3. The van der Waals surface area contributed by atoms with Crippen LogP contribution in [0.2, 0.25) is 0 Å². The number of nitrogens with one attached hydrogen (secondary N) is 2. The lowest BCUT2D eigenvalue weighted by atomic mass is 10.2. The van der Waals surface area contributed by atoms with Crippen molar-refractivity contribution in [3.63, 3.8) is 0 Å². The summed E-state index contributed by atoms with van der Waals surface area (Å²) in [6.45, 7) is 0.414. The highest BCUT2D eigenvalue weighted by Gasteiger charge is 2.07. The minimum Gasteiger partial charge on any atom is -0.346 e. The van der Waals surface area contributed by atoms with E-state index in [4.69, 9.17) is 0 Å². The summed E-state index contributed by atoms with van der Waals surface area (Å²) >= 11 is 0. The molecule has 6 nitrogen and oxygen atoms in total. The van der Waals surface area contributed by atoms with E-state index in [1.165, 1.54) is 0 Å². The number of aromatic amines is 1. The van der Waals surface area contributed by atoms with Crippen molar-refractivity contribution in [3.8, 4) is 0 Å². The van der Waals surface area contributed by atoms with Crippen LogP contribution in [-0.4, -0.2) is 26.1 Å². The molecule has 6 heteroatoms. The number of hydrogen-bond acceptors (Lipinski definition) is 4. The fourth-order valence-corrected chi connectivity index (χ4v) is 1.77. The Morgan fingerprint density at radius 2 is 1.95 bits per heavy atom. The Morgan fingerprint density at radius 1 is 1.11 bits per heavy atom. The highest BCUT2D eigenvalue weighted by Crippen LogP contribution is 2.10. The van der Waals surface area contributed by atoms with E-state index in [2.05, 4.69) is 25.5 Å². The molecule has 19 heavy (non-hydrogen) atoms. The molecule has 0 spiro atoms. The Balaban J connectivity index is 1.77. The molecule has 1 aromatic carbocycles. The van der Waals surface area contributed by atoms with Crippen LogP contribution in [0.15, 0.2) is 42.9 Å². The summed E-state index contributed by atoms with van der Waals surface area (Å²) in [5.41, 5.74) is 2.89. The molecule has 1 amide bonds. The minimum absolute atomic E-state index is 0.151. The molecular weight excluding hydrogens is 242 g/mol. The first-order valence-corrected chi connectivity index (χ1v) is 5.80. The quantitative estimate of drug-likeness (QED) is 0.736. The van der Waals surface area contributed by atoms with E-state index in [0.29, 0.717) is 17.6 Å². The van der Waals surface area contributed by atoms with Gasteiger partial charge in [0.05, 0.1) is 23.3 Å². The Morgan fingerprint density at radius 3 is 2.74 bits per heavy atom. The zero-order valence-corrected chi connectivity index (χ0v) is 10.00. The maximum atomic E-state index is 12.0. The SMILES string of the molecule is O=C(NCc1ccn[nH]1)c1ccc2nccnc2c1. The predicted octanol–water partition coefficient (Wildman–Crippen LogP) is 1.28. The van der Waals surface area contributed by atoms with Crippen molar-refractivity contribution in [3.05, 3.63) is 54.1 Å².